The van der Waals surface area contributed by atoms with Crippen molar-refractivity contribution in [1.82, 2.24) is 4.90 Å². The van der Waals surface area contributed by atoms with Gasteiger partial charge in [-0.15, -0.1) is 0 Å². The van der Waals surface area contributed by atoms with Crippen molar-refractivity contribution in [3.05, 3.63) is 71.8 Å². The van der Waals surface area contributed by atoms with E-state index in [9.17, 15) is 13.2 Å². The monoisotopic (exact) mass is 345 g/mol. The van der Waals surface area contributed by atoms with E-state index in [-0.39, 0.29) is 25.4 Å². The number of sulfone groups is 1. The SMILES string of the molecule is O=C(OCc1ccccc1)N1CCS(=O)(=O)C(c2ccccc2)C1. The number of benzene rings is 2. The second kappa shape index (κ2) is 7.05. The van der Waals surface area contributed by atoms with Gasteiger partial charge in [-0.05, 0) is 11.1 Å². The van der Waals surface area contributed by atoms with E-state index >= 15 is 0 Å². The van der Waals surface area contributed by atoms with E-state index < -0.39 is 21.2 Å². The molecule has 0 bridgehead atoms. The molecule has 24 heavy (non-hydrogen) atoms. The Kier molecular flexibility index (Phi) is 4.85. The van der Waals surface area contributed by atoms with Crippen molar-refractivity contribution in [2.75, 3.05) is 18.8 Å². The lowest BCUT2D eigenvalue weighted by Gasteiger charge is -2.32. The highest BCUT2D eigenvalue weighted by atomic mass is 32.2. The van der Waals surface area contributed by atoms with Crippen LogP contribution < -0.4 is 0 Å². The van der Waals surface area contributed by atoms with E-state index in [1.54, 1.807) is 24.3 Å². The van der Waals surface area contributed by atoms with Gasteiger partial charge in [-0.3, -0.25) is 0 Å². The third-order valence-electron chi connectivity index (χ3n) is 4.10. The Hall–Kier alpha value is -2.34. The molecule has 0 radical (unpaired) electrons. The summed E-state index contributed by atoms with van der Waals surface area (Å²) in [5.41, 5.74) is 1.60. The maximum Gasteiger partial charge on any atom is 0.410 e. The van der Waals surface area contributed by atoms with Crippen molar-refractivity contribution >= 4 is 15.9 Å². The Labute approximate surface area is 141 Å². The van der Waals surface area contributed by atoms with Crippen molar-refractivity contribution in [2.45, 2.75) is 11.9 Å². The Morgan fingerprint density at radius 2 is 1.67 bits per heavy atom. The van der Waals surface area contributed by atoms with Gasteiger partial charge in [0.25, 0.3) is 0 Å². The molecule has 0 saturated carbocycles. The molecular weight excluding hydrogens is 326 g/mol. The summed E-state index contributed by atoms with van der Waals surface area (Å²) in [7, 11) is -3.26. The predicted octanol–water partition coefficient (Wildman–Crippen LogP) is 2.79. The van der Waals surface area contributed by atoms with Crippen LogP contribution >= 0.6 is 0 Å². The van der Waals surface area contributed by atoms with Crippen LogP contribution in [-0.2, 0) is 21.2 Å². The maximum atomic E-state index is 12.4. The van der Waals surface area contributed by atoms with Gasteiger partial charge in [-0.25, -0.2) is 13.2 Å². The zero-order chi connectivity index (χ0) is 17.0. The molecule has 0 N–H and O–H groups in total. The third-order valence-corrected chi connectivity index (χ3v) is 6.14. The smallest absolute Gasteiger partial charge is 0.410 e. The zero-order valence-electron chi connectivity index (χ0n) is 13.2. The quantitative estimate of drug-likeness (QED) is 0.858. The second-order valence-electron chi connectivity index (χ2n) is 5.75. The van der Waals surface area contributed by atoms with E-state index in [2.05, 4.69) is 0 Å². The molecule has 1 atom stereocenters. The number of ether oxygens (including phenoxy) is 1. The molecule has 1 unspecified atom stereocenters. The van der Waals surface area contributed by atoms with Crippen LogP contribution in [0.1, 0.15) is 16.4 Å². The van der Waals surface area contributed by atoms with Crippen molar-refractivity contribution in [2.24, 2.45) is 0 Å². The molecule has 1 amide bonds. The van der Waals surface area contributed by atoms with Gasteiger partial charge in [0, 0.05) is 13.1 Å². The summed E-state index contributed by atoms with van der Waals surface area (Å²) in [6, 6.07) is 18.4. The van der Waals surface area contributed by atoms with Gasteiger partial charge in [0.1, 0.15) is 11.9 Å². The summed E-state index contributed by atoms with van der Waals surface area (Å²) in [5.74, 6) is -0.0486. The van der Waals surface area contributed by atoms with E-state index in [0.717, 1.165) is 5.56 Å². The maximum absolute atomic E-state index is 12.4. The first kappa shape index (κ1) is 16.5. The number of carbonyl (C=O) groups is 1. The minimum atomic E-state index is -3.26. The molecular formula is C18H19NO4S. The van der Waals surface area contributed by atoms with Crippen LogP contribution in [0.25, 0.3) is 0 Å². The average Bonchev–Trinajstić information content (AvgIpc) is 2.61. The summed E-state index contributed by atoms with van der Waals surface area (Å²) in [5, 5.41) is -0.697. The fourth-order valence-corrected chi connectivity index (χ4v) is 4.48. The van der Waals surface area contributed by atoms with Gasteiger partial charge in [-0.2, -0.15) is 0 Å². The zero-order valence-corrected chi connectivity index (χ0v) is 14.0. The van der Waals surface area contributed by atoms with E-state index in [1.165, 1.54) is 4.90 Å². The molecule has 126 valence electrons. The number of nitrogens with zero attached hydrogens (tertiary/aromatic N) is 1. The van der Waals surface area contributed by atoms with Gasteiger partial charge in [0.15, 0.2) is 9.84 Å². The molecule has 1 fully saturated rings. The Bertz CT molecular complexity index is 790. The highest BCUT2D eigenvalue weighted by Gasteiger charge is 2.36. The standard InChI is InChI=1S/C18H19NO4S/c20-18(23-14-15-7-3-1-4-8-15)19-11-12-24(21,22)17(13-19)16-9-5-2-6-10-16/h1-10,17H,11-14H2. The van der Waals surface area contributed by atoms with Crippen LogP contribution in [-0.4, -0.2) is 38.3 Å². The van der Waals surface area contributed by atoms with Crippen LogP contribution in [0.3, 0.4) is 0 Å². The lowest BCUT2D eigenvalue weighted by atomic mass is 10.1. The van der Waals surface area contributed by atoms with Crippen LogP contribution in [0.2, 0.25) is 0 Å². The summed E-state index contributed by atoms with van der Waals surface area (Å²) < 4.78 is 30.0. The number of carbonyl (C=O) groups excluding carboxylic acids is 1. The van der Waals surface area contributed by atoms with Crippen LogP contribution in [0.15, 0.2) is 60.7 Å². The van der Waals surface area contributed by atoms with Gasteiger partial charge in [-0.1, -0.05) is 60.7 Å². The van der Waals surface area contributed by atoms with Crippen molar-refractivity contribution < 1.29 is 17.9 Å². The topological polar surface area (TPSA) is 63.7 Å². The highest BCUT2D eigenvalue weighted by molar-refractivity contribution is 7.91. The molecule has 2 aromatic rings. The van der Waals surface area contributed by atoms with E-state index in [4.69, 9.17) is 4.74 Å². The Morgan fingerprint density at radius 1 is 1.04 bits per heavy atom. The summed E-state index contributed by atoms with van der Waals surface area (Å²) >= 11 is 0. The van der Waals surface area contributed by atoms with Gasteiger partial charge >= 0.3 is 6.09 Å². The molecule has 6 heteroatoms. The lowest BCUT2D eigenvalue weighted by Crippen LogP contribution is -2.45. The fraction of sp³-hybridized carbons (Fsp3) is 0.278. The summed E-state index contributed by atoms with van der Waals surface area (Å²) in [6.07, 6.45) is -0.477. The minimum Gasteiger partial charge on any atom is -0.445 e. The van der Waals surface area contributed by atoms with Crippen LogP contribution in [0.5, 0.6) is 0 Å². The van der Waals surface area contributed by atoms with Gasteiger partial charge in [0.05, 0.1) is 5.75 Å². The molecule has 1 aliphatic rings. The molecule has 1 aliphatic heterocycles. The molecule has 5 nitrogen and oxygen atoms in total. The molecule has 0 aliphatic carbocycles. The molecule has 2 aromatic carbocycles. The lowest BCUT2D eigenvalue weighted by molar-refractivity contribution is 0.0966. The molecule has 3 rings (SSSR count). The van der Waals surface area contributed by atoms with E-state index in [1.807, 2.05) is 36.4 Å². The van der Waals surface area contributed by atoms with Crippen molar-refractivity contribution in [3.63, 3.8) is 0 Å². The Morgan fingerprint density at radius 3 is 2.33 bits per heavy atom. The number of rotatable bonds is 3. The number of hydrogen-bond donors (Lipinski definition) is 0. The van der Waals surface area contributed by atoms with Crippen LogP contribution in [0, 0.1) is 0 Å². The first-order valence-corrected chi connectivity index (χ1v) is 9.50. The second-order valence-corrected chi connectivity index (χ2v) is 8.06. The minimum absolute atomic E-state index is 0.0486. The van der Waals surface area contributed by atoms with E-state index in [0.29, 0.717) is 5.56 Å². The van der Waals surface area contributed by atoms with Crippen molar-refractivity contribution in [1.29, 1.82) is 0 Å². The van der Waals surface area contributed by atoms with Crippen molar-refractivity contribution in [3.8, 4) is 0 Å². The average molecular weight is 345 g/mol. The number of amides is 1. The van der Waals surface area contributed by atoms with Crippen LogP contribution in [0.4, 0.5) is 4.79 Å². The van der Waals surface area contributed by atoms with Gasteiger partial charge in [0.2, 0.25) is 0 Å². The van der Waals surface area contributed by atoms with Gasteiger partial charge < -0.3 is 9.64 Å². The summed E-state index contributed by atoms with van der Waals surface area (Å²) in [6.45, 7) is 0.470. The normalized spacial score (nSPS) is 19.7. The molecule has 0 spiro atoms. The first-order chi connectivity index (χ1) is 11.6. The highest BCUT2D eigenvalue weighted by Crippen LogP contribution is 2.28. The number of hydrogen-bond acceptors (Lipinski definition) is 4. The Balaban J connectivity index is 1.68. The molecule has 0 aromatic heterocycles. The predicted molar refractivity (Wildman–Crippen MR) is 91.2 cm³/mol. The fourth-order valence-electron chi connectivity index (χ4n) is 2.74. The summed E-state index contributed by atoms with van der Waals surface area (Å²) in [4.78, 5) is 13.7. The third kappa shape index (κ3) is 3.76. The largest absolute Gasteiger partial charge is 0.445 e. The molecule has 1 saturated heterocycles. The molecule has 1 heterocycles. The first-order valence-electron chi connectivity index (χ1n) is 7.78.